The van der Waals surface area contributed by atoms with E-state index in [-0.39, 0.29) is 5.56 Å². The van der Waals surface area contributed by atoms with Crippen LogP contribution in [0.15, 0.2) is 53.3 Å². The van der Waals surface area contributed by atoms with Gasteiger partial charge in [0.25, 0.3) is 5.56 Å². The average molecular weight is 349 g/mol. The third-order valence-electron chi connectivity index (χ3n) is 3.85. The summed E-state index contributed by atoms with van der Waals surface area (Å²) in [6, 6.07) is 15.5. The van der Waals surface area contributed by atoms with E-state index in [4.69, 9.17) is 4.74 Å². The number of aryl methyl sites for hydroxylation is 1. The van der Waals surface area contributed by atoms with Crippen molar-refractivity contribution in [1.82, 2.24) is 14.6 Å². The van der Waals surface area contributed by atoms with Gasteiger partial charge in [-0.25, -0.2) is 0 Å². The summed E-state index contributed by atoms with van der Waals surface area (Å²) in [7, 11) is 1.62. The molecule has 5 nitrogen and oxygen atoms in total. The number of benzene rings is 2. The first kappa shape index (κ1) is 15.5. The number of nitrogens with zero attached hydrogens (tertiary/aromatic N) is 3. The van der Waals surface area contributed by atoms with E-state index in [9.17, 15) is 4.79 Å². The van der Waals surface area contributed by atoms with Crippen molar-refractivity contribution in [2.24, 2.45) is 0 Å². The van der Waals surface area contributed by atoms with Gasteiger partial charge in [-0.1, -0.05) is 47.2 Å². The van der Waals surface area contributed by atoms with Crippen LogP contribution in [0.5, 0.6) is 5.75 Å². The van der Waals surface area contributed by atoms with E-state index in [0.29, 0.717) is 15.3 Å². The lowest BCUT2D eigenvalue weighted by Crippen LogP contribution is -2.23. The minimum atomic E-state index is -0.158. The summed E-state index contributed by atoms with van der Waals surface area (Å²) >= 11 is 1.33. The number of ether oxygens (including phenoxy) is 1. The standard InChI is InChI=1S/C19H15N3O2S/c1-12-5-3-7-14(9-12)17-20-19-22(21-17)18(23)16(25-19)11-13-6-4-8-15(10-13)24-2/h3-11H,1-2H3/b16-11-. The Kier molecular flexibility index (Phi) is 3.82. The Bertz CT molecular complexity index is 1180. The summed E-state index contributed by atoms with van der Waals surface area (Å²) in [4.78, 5) is 17.7. The highest BCUT2D eigenvalue weighted by atomic mass is 32.1. The van der Waals surface area contributed by atoms with Gasteiger partial charge in [-0.05, 0) is 36.8 Å². The van der Waals surface area contributed by atoms with E-state index < -0.39 is 0 Å². The molecule has 0 N–H and O–H groups in total. The molecule has 2 aromatic heterocycles. The predicted octanol–water partition coefficient (Wildman–Crippen LogP) is 2.68. The molecule has 0 bridgehead atoms. The van der Waals surface area contributed by atoms with Gasteiger partial charge in [-0.15, -0.1) is 5.10 Å². The zero-order valence-corrected chi connectivity index (χ0v) is 14.6. The van der Waals surface area contributed by atoms with Crippen molar-refractivity contribution in [3.8, 4) is 17.1 Å². The van der Waals surface area contributed by atoms with Crippen LogP contribution in [0.3, 0.4) is 0 Å². The molecule has 0 saturated carbocycles. The fourth-order valence-corrected chi connectivity index (χ4v) is 3.53. The van der Waals surface area contributed by atoms with Crippen LogP contribution >= 0.6 is 11.3 Å². The van der Waals surface area contributed by atoms with Crippen LogP contribution in [0.1, 0.15) is 11.1 Å². The summed E-state index contributed by atoms with van der Waals surface area (Å²) in [6.45, 7) is 2.02. The lowest BCUT2D eigenvalue weighted by atomic mass is 10.1. The molecule has 0 aliphatic carbocycles. The molecule has 0 radical (unpaired) electrons. The minimum absolute atomic E-state index is 0.158. The number of methoxy groups -OCH3 is 1. The van der Waals surface area contributed by atoms with Crippen LogP contribution in [0.2, 0.25) is 0 Å². The van der Waals surface area contributed by atoms with E-state index >= 15 is 0 Å². The fraction of sp³-hybridized carbons (Fsp3) is 0.105. The quantitative estimate of drug-likeness (QED) is 0.571. The third kappa shape index (κ3) is 2.92. The highest BCUT2D eigenvalue weighted by molar-refractivity contribution is 7.15. The first-order chi connectivity index (χ1) is 12.1. The fourth-order valence-electron chi connectivity index (χ4n) is 2.62. The Morgan fingerprint density at radius 3 is 2.76 bits per heavy atom. The molecule has 6 heteroatoms. The van der Waals surface area contributed by atoms with Gasteiger partial charge in [-0.3, -0.25) is 4.79 Å². The lowest BCUT2D eigenvalue weighted by Gasteiger charge is -1.99. The monoisotopic (exact) mass is 349 g/mol. The molecular formula is C19H15N3O2S. The second-order valence-electron chi connectivity index (χ2n) is 5.69. The minimum Gasteiger partial charge on any atom is -0.497 e. The second kappa shape index (κ2) is 6.14. The summed E-state index contributed by atoms with van der Waals surface area (Å²) in [6.07, 6.45) is 1.83. The van der Waals surface area contributed by atoms with Crippen LogP contribution in [0.4, 0.5) is 0 Å². The molecule has 4 aromatic rings. The maximum Gasteiger partial charge on any atom is 0.291 e. The first-order valence-electron chi connectivity index (χ1n) is 7.76. The summed E-state index contributed by atoms with van der Waals surface area (Å²) in [5, 5.41) is 4.38. The smallest absolute Gasteiger partial charge is 0.291 e. The molecule has 124 valence electrons. The summed E-state index contributed by atoms with van der Waals surface area (Å²) in [5.41, 5.74) is 2.78. The zero-order valence-electron chi connectivity index (χ0n) is 13.8. The molecule has 4 rings (SSSR count). The molecule has 0 atom stereocenters. The molecule has 0 amide bonds. The predicted molar refractivity (Wildman–Crippen MR) is 99.1 cm³/mol. The number of aromatic nitrogens is 3. The van der Waals surface area contributed by atoms with E-state index in [1.807, 2.05) is 61.5 Å². The average Bonchev–Trinajstić information content (AvgIpc) is 3.15. The topological polar surface area (TPSA) is 56.5 Å². The van der Waals surface area contributed by atoms with Crippen molar-refractivity contribution in [2.45, 2.75) is 6.92 Å². The highest BCUT2D eigenvalue weighted by Crippen LogP contribution is 2.18. The van der Waals surface area contributed by atoms with Gasteiger partial charge in [-0.2, -0.15) is 9.50 Å². The van der Waals surface area contributed by atoms with Gasteiger partial charge in [0.2, 0.25) is 4.96 Å². The van der Waals surface area contributed by atoms with Gasteiger partial charge in [0.1, 0.15) is 5.75 Å². The second-order valence-corrected chi connectivity index (χ2v) is 6.70. The highest BCUT2D eigenvalue weighted by Gasteiger charge is 2.12. The lowest BCUT2D eigenvalue weighted by molar-refractivity contribution is 0.414. The molecule has 0 fully saturated rings. The van der Waals surface area contributed by atoms with Crippen LogP contribution < -0.4 is 14.8 Å². The van der Waals surface area contributed by atoms with Crippen molar-refractivity contribution >= 4 is 22.4 Å². The van der Waals surface area contributed by atoms with Crippen LogP contribution in [0, 0.1) is 6.92 Å². The Labute approximate surface area is 147 Å². The molecule has 2 heterocycles. The van der Waals surface area contributed by atoms with Gasteiger partial charge < -0.3 is 4.74 Å². The van der Waals surface area contributed by atoms with Gasteiger partial charge >= 0.3 is 0 Å². The van der Waals surface area contributed by atoms with Crippen molar-refractivity contribution in [3.05, 3.63) is 74.5 Å². The number of thiazole rings is 1. The van der Waals surface area contributed by atoms with Crippen LogP contribution in [-0.2, 0) is 0 Å². The number of rotatable bonds is 3. The maximum atomic E-state index is 12.6. The normalized spacial score (nSPS) is 12.0. The summed E-state index contributed by atoms with van der Waals surface area (Å²) in [5.74, 6) is 1.32. The Hall–Kier alpha value is -2.99. The van der Waals surface area contributed by atoms with Gasteiger partial charge in [0.15, 0.2) is 5.82 Å². The summed E-state index contributed by atoms with van der Waals surface area (Å²) < 4.78 is 7.18. The van der Waals surface area contributed by atoms with E-state index in [1.165, 1.54) is 15.9 Å². The van der Waals surface area contributed by atoms with Crippen molar-refractivity contribution in [1.29, 1.82) is 0 Å². The third-order valence-corrected chi connectivity index (χ3v) is 4.81. The Balaban J connectivity index is 1.80. The molecule has 25 heavy (non-hydrogen) atoms. The van der Waals surface area contributed by atoms with Crippen molar-refractivity contribution < 1.29 is 4.74 Å². The largest absolute Gasteiger partial charge is 0.497 e. The number of fused-ring (bicyclic) bond motifs is 1. The van der Waals surface area contributed by atoms with E-state index in [0.717, 1.165) is 22.4 Å². The Morgan fingerprint density at radius 1 is 1.16 bits per heavy atom. The van der Waals surface area contributed by atoms with Gasteiger partial charge in [0.05, 0.1) is 11.6 Å². The molecule has 0 saturated heterocycles. The van der Waals surface area contributed by atoms with Crippen molar-refractivity contribution in [2.75, 3.05) is 7.11 Å². The first-order valence-corrected chi connectivity index (χ1v) is 8.58. The molecule has 0 aliphatic rings. The van der Waals surface area contributed by atoms with Gasteiger partial charge in [0, 0.05) is 5.56 Å². The SMILES string of the molecule is COc1cccc(/C=c2\sc3nc(-c4cccc(C)c4)nn3c2=O)c1. The molecule has 0 spiro atoms. The molecule has 0 aliphatic heterocycles. The molecular weight excluding hydrogens is 334 g/mol. The number of hydrogen-bond acceptors (Lipinski definition) is 5. The zero-order chi connectivity index (χ0) is 17.4. The van der Waals surface area contributed by atoms with Crippen LogP contribution in [0.25, 0.3) is 22.4 Å². The van der Waals surface area contributed by atoms with E-state index in [1.54, 1.807) is 7.11 Å². The molecule has 2 aromatic carbocycles. The Morgan fingerprint density at radius 2 is 2.00 bits per heavy atom. The molecule has 0 unspecified atom stereocenters. The van der Waals surface area contributed by atoms with Crippen molar-refractivity contribution in [3.63, 3.8) is 0 Å². The maximum absolute atomic E-state index is 12.6. The van der Waals surface area contributed by atoms with Crippen LogP contribution in [-0.4, -0.2) is 21.7 Å². The number of hydrogen-bond donors (Lipinski definition) is 0. The van der Waals surface area contributed by atoms with E-state index in [2.05, 4.69) is 10.1 Å².